The second-order valence-corrected chi connectivity index (χ2v) is 2.72. The highest BCUT2D eigenvalue weighted by Crippen LogP contribution is 2.02. The number of hydrogen-bond donors (Lipinski definition) is 2. The number of rotatable bonds is 6. The zero-order valence-corrected chi connectivity index (χ0v) is 7.56. The van der Waals surface area contributed by atoms with Gasteiger partial charge in [0.1, 0.15) is 0 Å². The van der Waals surface area contributed by atoms with Gasteiger partial charge in [0.15, 0.2) is 5.92 Å². The Kier molecular flexibility index (Phi) is 5.59. The topological polar surface area (TPSA) is 74.6 Å². The van der Waals surface area contributed by atoms with Crippen LogP contribution >= 0.6 is 0 Å². The summed E-state index contributed by atoms with van der Waals surface area (Å²) >= 11 is 0. The van der Waals surface area contributed by atoms with Gasteiger partial charge in [0.05, 0.1) is 0 Å². The van der Waals surface area contributed by atoms with E-state index in [1.54, 1.807) is 6.08 Å². The van der Waals surface area contributed by atoms with Gasteiger partial charge >= 0.3 is 11.9 Å². The molecule has 74 valence electrons. The second kappa shape index (κ2) is 6.22. The normalized spacial score (nSPS) is 10.9. The van der Waals surface area contributed by atoms with E-state index in [-0.39, 0.29) is 0 Å². The van der Waals surface area contributed by atoms with Gasteiger partial charge in [-0.2, -0.15) is 0 Å². The fourth-order valence-electron chi connectivity index (χ4n) is 0.825. The van der Waals surface area contributed by atoms with Crippen molar-refractivity contribution in [3.63, 3.8) is 0 Å². The molecular weight excluding hydrogens is 172 g/mol. The van der Waals surface area contributed by atoms with E-state index in [1.807, 2.05) is 6.92 Å². The Morgan fingerprint density at radius 1 is 1.31 bits per heavy atom. The van der Waals surface area contributed by atoms with E-state index in [0.717, 1.165) is 19.3 Å². The number of carboxylic acids is 2. The van der Waals surface area contributed by atoms with Gasteiger partial charge in [0.2, 0.25) is 0 Å². The molecule has 0 aromatic carbocycles. The highest BCUT2D eigenvalue weighted by atomic mass is 16.4. The van der Waals surface area contributed by atoms with Crippen molar-refractivity contribution in [2.24, 2.45) is 5.92 Å². The van der Waals surface area contributed by atoms with Gasteiger partial charge < -0.3 is 10.2 Å². The van der Waals surface area contributed by atoms with E-state index in [0.29, 0.717) is 0 Å². The van der Waals surface area contributed by atoms with Crippen LogP contribution in [0.1, 0.15) is 26.2 Å². The number of carbonyl (C=O) groups is 2. The van der Waals surface area contributed by atoms with E-state index in [9.17, 15) is 9.59 Å². The summed E-state index contributed by atoms with van der Waals surface area (Å²) in [5.41, 5.74) is 0. The lowest BCUT2D eigenvalue weighted by molar-refractivity contribution is -0.151. The summed E-state index contributed by atoms with van der Waals surface area (Å²) in [5, 5.41) is 16.9. The van der Waals surface area contributed by atoms with Crippen molar-refractivity contribution in [3.8, 4) is 0 Å². The molecule has 0 bridgehead atoms. The van der Waals surface area contributed by atoms with Crippen LogP contribution in [0.4, 0.5) is 0 Å². The first-order chi connectivity index (χ1) is 6.09. The van der Waals surface area contributed by atoms with Gasteiger partial charge in [-0.1, -0.05) is 31.9 Å². The molecule has 13 heavy (non-hydrogen) atoms. The van der Waals surface area contributed by atoms with Crippen LogP contribution in [-0.2, 0) is 9.59 Å². The van der Waals surface area contributed by atoms with Crippen molar-refractivity contribution in [2.45, 2.75) is 26.2 Å². The predicted octanol–water partition coefficient (Wildman–Crippen LogP) is 1.52. The molecule has 0 aromatic heterocycles. The summed E-state index contributed by atoms with van der Waals surface area (Å²) in [6.45, 7) is 2.01. The molecule has 0 rings (SSSR count). The smallest absolute Gasteiger partial charge is 0.321 e. The molecule has 4 heteroatoms. The lowest BCUT2D eigenvalue weighted by atomic mass is 10.1. The maximum absolute atomic E-state index is 10.4. The summed E-state index contributed by atoms with van der Waals surface area (Å²) in [4.78, 5) is 20.7. The molecule has 0 saturated carbocycles. The molecule has 4 nitrogen and oxygen atoms in total. The van der Waals surface area contributed by atoms with Gasteiger partial charge in [-0.3, -0.25) is 9.59 Å². The minimum absolute atomic E-state index is 0.730. The third-order valence-corrected chi connectivity index (χ3v) is 1.58. The van der Waals surface area contributed by atoms with Gasteiger partial charge in [0, 0.05) is 0 Å². The van der Waals surface area contributed by atoms with E-state index in [1.165, 1.54) is 6.08 Å². The van der Waals surface area contributed by atoms with Gasteiger partial charge in [-0.25, -0.2) is 0 Å². The Morgan fingerprint density at radius 2 is 1.85 bits per heavy atom. The van der Waals surface area contributed by atoms with Crippen LogP contribution < -0.4 is 0 Å². The molecule has 0 aliphatic heterocycles. The molecule has 0 unspecified atom stereocenters. The van der Waals surface area contributed by atoms with Crippen molar-refractivity contribution in [2.75, 3.05) is 0 Å². The minimum atomic E-state index is -1.41. The zero-order chi connectivity index (χ0) is 10.3. The highest BCUT2D eigenvalue weighted by molar-refractivity contribution is 5.94. The molecule has 0 amide bonds. The average molecular weight is 186 g/mol. The van der Waals surface area contributed by atoms with Crippen molar-refractivity contribution >= 4 is 11.9 Å². The average Bonchev–Trinajstić information content (AvgIpc) is 2.02. The molecule has 0 radical (unpaired) electrons. The standard InChI is InChI=1S/C9H14O4/c1-2-3-4-5-6-7(8(10)11)9(12)13/h5-7H,2-4H2,1H3,(H,10,11)(H,12,13)/b6-5+. The number of carboxylic acid groups (broad SMARTS) is 2. The largest absolute Gasteiger partial charge is 0.480 e. The van der Waals surface area contributed by atoms with Crippen molar-refractivity contribution in [1.82, 2.24) is 0 Å². The molecule has 0 spiro atoms. The van der Waals surface area contributed by atoms with E-state index < -0.39 is 17.9 Å². The summed E-state index contributed by atoms with van der Waals surface area (Å²) in [7, 11) is 0. The van der Waals surface area contributed by atoms with Crippen LogP contribution in [0.5, 0.6) is 0 Å². The lowest BCUT2D eigenvalue weighted by Crippen LogP contribution is -2.20. The van der Waals surface area contributed by atoms with Gasteiger partial charge in [-0.05, 0) is 6.42 Å². The van der Waals surface area contributed by atoms with Crippen LogP contribution in [0.25, 0.3) is 0 Å². The first-order valence-electron chi connectivity index (χ1n) is 4.21. The summed E-state index contributed by atoms with van der Waals surface area (Å²) in [6, 6.07) is 0. The van der Waals surface area contributed by atoms with E-state index >= 15 is 0 Å². The van der Waals surface area contributed by atoms with E-state index in [2.05, 4.69) is 0 Å². The Bertz CT molecular complexity index is 194. The fraction of sp³-hybridized carbons (Fsp3) is 0.556. The molecule has 2 N–H and O–H groups in total. The Balaban J connectivity index is 4.03. The lowest BCUT2D eigenvalue weighted by Gasteiger charge is -1.99. The number of allylic oxidation sites excluding steroid dienone is 1. The van der Waals surface area contributed by atoms with Crippen LogP contribution in [0.15, 0.2) is 12.2 Å². The molecule has 0 fully saturated rings. The SMILES string of the molecule is CCCC/C=C/C(C(=O)O)C(=O)O. The Hall–Kier alpha value is -1.32. The van der Waals surface area contributed by atoms with E-state index in [4.69, 9.17) is 10.2 Å². The molecular formula is C9H14O4. The first kappa shape index (κ1) is 11.7. The van der Waals surface area contributed by atoms with Gasteiger partial charge in [-0.15, -0.1) is 0 Å². The third kappa shape index (κ3) is 5.00. The third-order valence-electron chi connectivity index (χ3n) is 1.58. The van der Waals surface area contributed by atoms with Crippen molar-refractivity contribution < 1.29 is 19.8 Å². The molecule has 0 heterocycles. The first-order valence-corrected chi connectivity index (χ1v) is 4.21. The maximum atomic E-state index is 10.4. The van der Waals surface area contributed by atoms with Crippen molar-refractivity contribution in [1.29, 1.82) is 0 Å². The van der Waals surface area contributed by atoms with Crippen LogP contribution in [-0.4, -0.2) is 22.2 Å². The van der Waals surface area contributed by atoms with Crippen molar-refractivity contribution in [3.05, 3.63) is 12.2 Å². The molecule has 0 saturated heterocycles. The molecule has 0 atom stereocenters. The quantitative estimate of drug-likeness (QED) is 0.374. The number of unbranched alkanes of at least 4 members (excludes halogenated alkanes) is 2. The molecule has 0 aliphatic rings. The molecule has 0 aliphatic carbocycles. The van der Waals surface area contributed by atoms with Crippen LogP contribution in [0, 0.1) is 5.92 Å². The summed E-state index contributed by atoms with van der Waals surface area (Å²) in [5.74, 6) is -4.04. The molecule has 0 aromatic rings. The summed E-state index contributed by atoms with van der Waals surface area (Å²) < 4.78 is 0. The maximum Gasteiger partial charge on any atom is 0.321 e. The zero-order valence-electron chi connectivity index (χ0n) is 7.56. The monoisotopic (exact) mass is 186 g/mol. The minimum Gasteiger partial charge on any atom is -0.480 e. The summed E-state index contributed by atoms with van der Waals surface area (Å²) in [6.07, 6.45) is 5.52. The van der Waals surface area contributed by atoms with Gasteiger partial charge in [0.25, 0.3) is 0 Å². The highest BCUT2D eigenvalue weighted by Gasteiger charge is 2.21. The fourth-order valence-corrected chi connectivity index (χ4v) is 0.825. The predicted molar refractivity (Wildman–Crippen MR) is 47.4 cm³/mol. The van der Waals surface area contributed by atoms with Crippen LogP contribution in [0.2, 0.25) is 0 Å². The van der Waals surface area contributed by atoms with Crippen LogP contribution in [0.3, 0.4) is 0 Å². The Labute approximate surface area is 76.9 Å². The Morgan fingerprint density at radius 3 is 2.23 bits per heavy atom. The second-order valence-electron chi connectivity index (χ2n) is 2.72. The number of aliphatic carboxylic acids is 2. The number of hydrogen-bond acceptors (Lipinski definition) is 2.